The number of aromatic nitrogens is 2. The maximum atomic E-state index is 12.4. The van der Waals surface area contributed by atoms with E-state index in [0.29, 0.717) is 5.56 Å². The molecule has 2 aromatic carbocycles. The molecule has 5 nitrogen and oxygen atoms in total. The number of hydrogen-bond donors (Lipinski definition) is 1. The number of benzene rings is 2. The van der Waals surface area contributed by atoms with E-state index in [1.807, 2.05) is 96.8 Å². The molecule has 4 rings (SSSR count). The highest BCUT2D eigenvalue weighted by Crippen LogP contribution is 2.14. The summed E-state index contributed by atoms with van der Waals surface area (Å²) in [7, 11) is 0. The lowest BCUT2D eigenvalue weighted by atomic mass is 10.2. The molecule has 2 heterocycles. The minimum absolute atomic E-state index is 0.246. The van der Waals surface area contributed by atoms with Crippen LogP contribution in [-0.4, -0.2) is 21.3 Å². The van der Waals surface area contributed by atoms with Crippen molar-refractivity contribution in [3.63, 3.8) is 0 Å². The third kappa shape index (κ3) is 3.78. The first-order valence-corrected chi connectivity index (χ1v) is 9.02. The van der Waals surface area contributed by atoms with Crippen LogP contribution in [0.3, 0.4) is 0 Å². The Labute approximate surface area is 163 Å². The van der Waals surface area contributed by atoms with Crippen molar-refractivity contribution in [1.82, 2.24) is 14.6 Å². The number of hydrazone groups is 1. The van der Waals surface area contributed by atoms with Gasteiger partial charge in [0.2, 0.25) is 0 Å². The van der Waals surface area contributed by atoms with E-state index in [4.69, 9.17) is 0 Å². The second-order valence-corrected chi connectivity index (χ2v) is 6.46. The lowest BCUT2D eigenvalue weighted by Gasteiger charge is -2.05. The van der Waals surface area contributed by atoms with Gasteiger partial charge in [-0.2, -0.15) is 5.10 Å². The molecule has 0 atom stereocenters. The van der Waals surface area contributed by atoms with Crippen LogP contribution in [0, 0.1) is 6.92 Å². The molecule has 0 spiro atoms. The standard InChI is InChI=1S/C23H20N4O/c1-18-14-19(17-27(18)21-9-3-2-4-10-21)16-24-25-23(28)20-8-7-11-22(15-20)26-12-5-6-13-26/h2-17H,1H3,(H,25,28)/b24-16+. The van der Waals surface area contributed by atoms with Crippen LogP contribution in [0.25, 0.3) is 11.4 Å². The Morgan fingerprint density at radius 1 is 0.929 bits per heavy atom. The highest BCUT2D eigenvalue weighted by atomic mass is 16.2. The van der Waals surface area contributed by atoms with Crippen LogP contribution in [0.2, 0.25) is 0 Å². The summed E-state index contributed by atoms with van der Waals surface area (Å²) in [5, 5.41) is 4.11. The molecule has 1 N–H and O–H groups in total. The normalized spacial score (nSPS) is 11.0. The third-order valence-corrected chi connectivity index (χ3v) is 4.46. The molecule has 5 heteroatoms. The van der Waals surface area contributed by atoms with Crippen molar-refractivity contribution in [1.29, 1.82) is 0 Å². The van der Waals surface area contributed by atoms with Gasteiger partial charge in [0.05, 0.1) is 6.21 Å². The summed E-state index contributed by atoms with van der Waals surface area (Å²) in [6, 6.07) is 23.4. The van der Waals surface area contributed by atoms with E-state index in [0.717, 1.165) is 22.6 Å². The van der Waals surface area contributed by atoms with Crippen LogP contribution in [0.4, 0.5) is 0 Å². The average Bonchev–Trinajstić information content (AvgIpc) is 3.39. The van der Waals surface area contributed by atoms with Gasteiger partial charge < -0.3 is 9.13 Å². The summed E-state index contributed by atoms with van der Waals surface area (Å²) in [5.74, 6) is -0.246. The summed E-state index contributed by atoms with van der Waals surface area (Å²) >= 11 is 0. The molecule has 0 aliphatic carbocycles. The molecule has 138 valence electrons. The molecule has 0 saturated heterocycles. The number of amides is 1. The van der Waals surface area contributed by atoms with E-state index in [-0.39, 0.29) is 5.91 Å². The highest BCUT2D eigenvalue weighted by molar-refractivity contribution is 5.95. The molecule has 2 aromatic heterocycles. The largest absolute Gasteiger partial charge is 0.324 e. The number of nitrogens with one attached hydrogen (secondary N) is 1. The predicted molar refractivity (Wildman–Crippen MR) is 111 cm³/mol. The molecule has 1 amide bonds. The monoisotopic (exact) mass is 368 g/mol. The first kappa shape index (κ1) is 17.5. The smallest absolute Gasteiger partial charge is 0.271 e. The van der Waals surface area contributed by atoms with Crippen LogP contribution >= 0.6 is 0 Å². The molecule has 0 radical (unpaired) electrons. The summed E-state index contributed by atoms with van der Waals surface area (Å²) in [5.41, 5.74) is 7.19. The van der Waals surface area contributed by atoms with Crippen molar-refractivity contribution < 1.29 is 4.79 Å². The number of carbonyl (C=O) groups excluding carboxylic acids is 1. The summed E-state index contributed by atoms with van der Waals surface area (Å²) in [6.07, 6.45) is 7.52. The Morgan fingerprint density at radius 2 is 1.68 bits per heavy atom. The number of aryl methyl sites for hydroxylation is 1. The van der Waals surface area contributed by atoms with Gasteiger partial charge in [-0.3, -0.25) is 4.79 Å². The lowest BCUT2D eigenvalue weighted by Crippen LogP contribution is -2.17. The van der Waals surface area contributed by atoms with Crippen molar-refractivity contribution in [2.45, 2.75) is 6.92 Å². The number of nitrogens with zero attached hydrogens (tertiary/aromatic N) is 3. The van der Waals surface area contributed by atoms with E-state index in [1.165, 1.54) is 0 Å². The van der Waals surface area contributed by atoms with Gasteiger partial charge in [0.1, 0.15) is 0 Å². The summed E-state index contributed by atoms with van der Waals surface area (Å²) < 4.78 is 4.04. The van der Waals surface area contributed by atoms with Crippen LogP contribution < -0.4 is 5.43 Å². The summed E-state index contributed by atoms with van der Waals surface area (Å²) in [4.78, 5) is 12.4. The van der Waals surface area contributed by atoms with Crippen molar-refractivity contribution in [3.05, 3.63) is 108 Å². The van der Waals surface area contributed by atoms with E-state index in [9.17, 15) is 4.79 Å². The molecular weight excluding hydrogens is 348 g/mol. The van der Waals surface area contributed by atoms with Crippen LogP contribution in [0.15, 0.2) is 96.5 Å². The first-order valence-electron chi connectivity index (χ1n) is 9.02. The van der Waals surface area contributed by atoms with Gasteiger partial charge in [0.15, 0.2) is 0 Å². The van der Waals surface area contributed by atoms with Crippen molar-refractivity contribution in [2.24, 2.45) is 5.10 Å². The van der Waals surface area contributed by atoms with Gasteiger partial charge in [0.25, 0.3) is 5.91 Å². The molecule has 28 heavy (non-hydrogen) atoms. The first-order chi connectivity index (χ1) is 13.7. The zero-order valence-electron chi connectivity index (χ0n) is 15.5. The number of hydrogen-bond acceptors (Lipinski definition) is 2. The topological polar surface area (TPSA) is 51.3 Å². The molecule has 0 bridgehead atoms. The minimum Gasteiger partial charge on any atom is -0.324 e. The average molecular weight is 368 g/mol. The SMILES string of the molecule is Cc1cc(/C=N/NC(=O)c2cccc(-n3cccc3)c2)cn1-c1ccccc1. The zero-order chi connectivity index (χ0) is 19.3. The Kier molecular flexibility index (Phi) is 4.89. The molecular formula is C23H20N4O. The van der Waals surface area contributed by atoms with Gasteiger partial charge in [-0.25, -0.2) is 5.43 Å². The highest BCUT2D eigenvalue weighted by Gasteiger charge is 2.06. The fraction of sp³-hybridized carbons (Fsp3) is 0.0435. The van der Waals surface area contributed by atoms with E-state index in [2.05, 4.69) is 15.1 Å². The third-order valence-electron chi connectivity index (χ3n) is 4.46. The van der Waals surface area contributed by atoms with Gasteiger partial charge in [-0.05, 0) is 55.5 Å². The predicted octanol–water partition coefficient (Wildman–Crippen LogP) is 4.34. The van der Waals surface area contributed by atoms with Crippen molar-refractivity contribution >= 4 is 12.1 Å². The van der Waals surface area contributed by atoms with Gasteiger partial charge >= 0.3 is 0 Å². The second kappa shape index (κ2) is 7.80. The van der Waals surface area contributed by atoms with Crippen molar-refractivity contribution in [2.75, 3.05) is 0 Å². The molecule has 0 aliphatic rings. The zero-order valence-corrected chi connectivity index (χ0v) is 15.5. The molecule has 0 aliphatic heterocycles. The fourth-order valence-corrected chi connectivity index (χ4v) is 3.08. The van der Waals surface area contributed by atoms with Crippen molar-refractivity contribution in [3.8, 4) is 11.4 Å². The second-order valence-electron chi connectivity index (χ2n) is 6.46. The van der Waals surface area contributed by atoms with Gasteiger partial charge in [-0.1, -0.05) is 24.3 Å². The van der Waals surface area contributed by atoms with E-state index < -0.39 is 0 Å². The quantitative estimate of drug-likeness (QED) is 0.413. The van der Waals surface area contributed by atoms with Gasteiger partial charge in [0, 0.05) is 46.8 Å². The van der Waals surface area contributed by atoms with E-state index in [1.54, 1.807) is 12.3 Å². The number of para-hydroxylation sites is 1. The number of carbonyl (C=O) groups is 1. The fourth-order valence-electron chi connectivity index (χ4n) is 3.08. The maximum Gasteiger partial charge on any atom is 0.271 e. The van der Waals surface area contributed by atoms with Gasteiger partial charge in [-0.15, -0.1) is 0 Å². The number of rotatable bonds is 5. The molecule has 0 saturated carbocycles. The van der Waals surface area contributed by atoms with Crippen LogP contribution in [-0.2, 0) is 0 Å². The van der Waals surface area contributed by atoms with E-state index >= 15 is 0 Å². The molecule has 0 unspecified atom stereocenters. The molecule has 0 fully saturated rings. The Hall–Kier alpha value is -3.86. The molecule has 4 aromatic rings. The summed E-state index contributed by atoms with van der Waals surface area (Å²) in [6.45, 7) is 2.04. The minimum atomic E-state index is -0.246. The lowest BCUT2D eigenvalue weighted by molar-refractivity contribution is 0.0955. The Bertz CT molecular complexity index is 1110. The van der Waals surface area contributed by atoms with Crippen LogP contribution in [0.1, 0.15) is 21.6 Å². The maximum absolute atomic E-state index is 12.4. The Morgan fingerprint density at radius 3 is 2.46 bits per heavy atom. The Balaban J connectivity index is 1.46. The van der Waals surface area contributed by atoms with Crippen LogP contribution in [0.5, 0.6) is 0 Å².